The molecule has 1 aliphatic heterocycles. The third-order valence-electron chi connectivity index (χ3n) is 5.56. The van der Waals surface area contributed by atoms with Gasteiger partial charge in [0.25, 0.3) is 0 Å². The van der Waals surface area contributed by atoms with Gasteiger partial charge in [-0.25, -0.2) is 0 Å². The van der Waals surface area contributed by atoms with E-state index in [4.69, 9.17) is 0 Å². The third-order valence-corrected chi connectivity index (χ3v) is 5.56. The molecule has 0 spiro atoms. The van der Waals surface area contributed by atoms with Crippen LogP contribution in [0.15, 0.2) is 12.4 Å². The van der Waals surface area contributed by atoms with Gasteiger partial charge < -0.3 is 5.32 Å². The maximum absolute atomic E-state index is 12.6. The lowest BCUT2D eigenvalue weighted by atomic mass is 9.92. The van der Waals surface area contributed by atoms with Crippen molar-refractivity contribution < 1.29 is 4.79 Å². The van der Waals surface area contributed by atoms with Gasteiger partial charge >= 0.3 is 0 Å². The highest BCUT2D eigenvalue weighted by Crippen LogP contribution is 2.27. The minimum atomic E-state index is -0.651. The molecule has 2 heterocycles. The molecule has 1 saturated carbocycles. The first-order valence-electron chi connectivity index (χ1n) is 9.56. The Balaban J connectivity index is 1.56. The molecule has 1 aliphatic carbocycles. The van der Waals surface area contributed by atoms with Crippen molar-refractivity contribution in [1.29, 1.82) is 5.26 Å². The van der Waals surface area contributed by atoms with Crippen LogP contribution in [0, 0.1) is 18.3 Å². The van der Waals surface area contributed by atoms with Crippen molar-refractivity contribution in [1.82, 2.24) is 20.0 Å². The van der Waals surface area contributed by atoms with Crippen molar-refractivity contribution in [2.24, 2.45) is 0 Å². The van der Waals surface area contributed by atoms with E-state index in [9.17, 15) is 10.1 Å². The lowest BCUT2D eigenvalue weighted by Crippen LogP contribution is -2.51. The van der Waals surface area contributed by atoms with Crippen LogP contribution in [-0.4, -0.2) is 45.3 Å². The van der Waals surface area contributed by atoms with Crippen molar-refractivity contribution >= 4 is 5.91 Å². The molecule has 1 N–H and O–H groups in total. The molecule has 6 nitrogen and oxygen atoms in total. The number of hydrogen-bond acceptors (Lipinski definition) is 4. The lowest BCUT2D eigenvalue weighted by Gasteiger charge is -2.29. The zero-order valence-corrected chi connectivity index (χ0v) is 15.2. The van der Waals surface area contributed by atoms with Crippen LogP contribution < -0.4 is 5.32 Å². The Morgan fingerprint density at radius 2 is 2.12 bits per heavy atom. The quantitative estimate of drug-likeness (QED) is 0.833. The van der Waals surface area contributed by atoms with Crippen LogP contribution in [0.3, 0.4) is 0 Å². The average Bonchev–Trinajstić information content (AvgIpc) is 3.12. The van der Waals surface area contributed by atoms with E-state index in [0.717, 1.165) is 70.0 Å². The zero-order valence-electron chi connectivity index (χ0n) is 15.2. The summed E-state index contributed by atoms with van der Waals surface area (Å²) >= 11 is 0. The number of aryl methyl sites for hydroxylation is 1. The summed E-state index contributed by atoms with van der Waals surface area (Å²) in [7, 11) is 0. The Kier molecular flexibility index (Phi) is 5.74. The summed E-state index contributed by atoms with van der Waals surface area (Å²) in [6.07, 6.45) is 12.1. The first-order chi connectivity index (χ1) is 12.1. The normalized spacial score (nSPS) is 23.8. The number of amides is 1. The number of rotatable bonds is 5. The van der Waals surface area contributed by atoms with Gasteiger partial charge in [-0.05, 0) is 44.7 Å². The van der Waals surface area contributed by atoms with Crippen LogP contribution in [-0.2, 0) is 11.3 Å². The third kappa shape index (κ3) is 4.60. The Morgan fingerprint density at radius 3 is 2.76 bits per heavy atom. The predicted molar refractivity (Wildman–Crippen MR) is 95.7 cm³/mol. The van der Waals surface area contributed by atoms with Crippen LogP contribution in [0.5, 0.6) is 0 Å². The number of nitriles is 1. The number of nitrogens with one attached hydrogen (secondary N) is 1. The second kappa shape index (κ2) is 8.01. The summed E-state index contributed by atoms with van der Waals surface area (Å²) in [4.78, 5) is 14.9. The van der Waals surface area contributed by atoms with Crippen LogP contribution in [0.1, 0.15) is 56.9 Å². The number of likely N-dealkylation sites (tertiary alicyclic amines) is 1. The van der Waals surface area contributed by atoms with Crippen molar-refractivity contribution in [2.45, 2.75) is 76.4 Å². The van der Waals surface area contributed by atoms with Gasteiger partial charge in [-0.15, -0.1) is 0 Å². The second-order valence-corrected chi connectivity index (χ2v) is 7.66. The Labute approximate surface area is 150 Å². The molecular weight excluding hydrogens is 314 g/mol. The van der Waals surface area contributed by atoms with E-state index >= 15 is 0 Å². The lowest BCUT2D eigenvalue weighted by molar-refractivity contribution is -0.124. The van der Waals surface area contributed by atoms with Crippen molar-refractivity contribution in [3.63, 3.8) is 0 Å². The summed E-state index contributed by atoms with van der Waals surface area (Å²) in [6.45, 7) is 4.19. The highest BCUT2D eigenvalue weighted by molar-refractivity contribution is 5.79. The monoisotopic (exact) mass is 343 g/mol. The fraction of sp³-hybridized carbons (Fsp3) is 0.737. The minimum absolute atomic E-state index is 0.00741. The molecule has 1 saturated heterocycles. The fourth-order valence-corrected chi connectivity index (χ4v) is 4.18. The molecule has 136 valence electrons. The molecule has 6 heteroatoms. The van der Waals surface area contributed by atoms with Gasteiger partial charge in [-0.1, -0.05) is 25.7 Å². The van der Waals surface area contributed by atoms with Gasteiger partial charge in [0.2, 0.25) is 5.91 Å². The fourth-order valence-electron chi connectivity index (χ4n) is 4.18. The van der Waals surface area contributed by atoms with Gasteiger partial charge in [0.1, 0.15) is 5.54 Å². The average molecular weight is 343 g/mol. The molecule has 2 aliphatic rings. The Bertz CT molecular complexity index is 624. The van der Waals surface area contributed by atoms with Crippen molar-refractivity contribution in [3.8, 4) is 6.07 Å². The van der Waals surface area contributed by atoms with E-state index in [1.165, 1.54) is 0 Å². The van der Waals surface area contributed by atoms with E-state index in [0.29, 0.717) is 12.6 Å². The molecule has 1 unspecified atom stereocenters. The van der Waals surface area contributed by atoms with Crippen LogP contribution in [0.4, 0.5) is 0 Å². The van der Waals surface area contributed by atoms with E-state index in [1.54, 1.807) is 0 Å². The van der Waals surface area contributed by atoms with Gasteiger partial charge in [0, 0.05) is 12.2 Å². The highest BCUT2D eigenvalue weighted by Gasteiger charge is 2.34. The molecule has 2 fully saturated rings. The van der Waals surface area contributed by atoms with E-state index in [2.05, 4.69) is 21.4 Å². The molecule has 1 aromatic heterocycles. The zero-order chi connectivity index (χ0) is 17.7. The maximum Gasteiger partial charge on any atom is 0.235 e. The smallest absolute Gasteiger partial charge is 0.235 e. The van der Waals surface area contributed by atoms with Crippen LogP contribution in [0.2, 0.25) is 0 Å². The summed E-state index contributed by atoms with van der Waals surface area (Å²) in [6, 6.07) is 2.75. The largest absolute Gasteiger partial charge is 0.337 e. The van der Waals surface area contributed by atoms with Gasteiger partial charge in [-0.2, -0.15) is 10.4 Å². The second-order valence-electron chi connectivity index (χ2n) is 7.66. The summed E-state index contributed by atoms with van der Waals surface area (Å²) < 4.78 is 1.97. The highest BCUT2D eigenvalue weighted by atomic mass is 16.2. The minimum Gasteiger partial charge on any atom is -0.337 e. The predicted octanol–water partition coefficient (Wildman–Crippen LogP) is 2.39. The molecule has 0 radical (unpaired) electrons. The molecule has 1 atom stereocenters. The molecular formula is C19H29N5O. The molecule has 0 bridgehead atoms. The molecule has 25 heavy (non-hydrogen) atoms. The summed E-state index contributed by atoms with van der Waals surface area (Å²) in [5.74, 6) is -0.00741. The number of hydrogen-bond donors (Lipinski definition) is 1. The summed E-state index contributed by atoms with van der Waals surface area (Å²) in [5, 5.41) is 17.1. The van der Waals surface area contributed by atoms with E-state index in [-0.39, 0.29) is 5.91 Å². The number of aromatic nitrogens is 2. The first-order valence-corrected chi connectivity index (χ1v) is 9.56. The number of carbonyl (C=O) groups excluding carboxylic acids is 1. The van der Waals surface area contributed by atoms with Gasteiger partial charge in [0.05, 0.1) is 25.4 Å². The van der Waals surface area contributed by atoms with Crippen molar-refractivity contribution in [2.75, 3.05) is 13.1 Å². The molecule has 1 amide bonds. The van der Waals surface area contributed by atoms with E-state index in [1.807, 2.05) is 24.0 Å². The van der Waals surface area contributed by atoms with Gasteiger partial charge in [-0.3, -0.25) is 14.4 Å². The number of nitrogens with zero attached hydrogens (tertiary/aromatic N) is 4. The van der Waals surface area contributed by atoms with E-state index < -0.39 is 5.54 Å². The molecule has 1 aromatic rings. The van der Waals surface area contributed by atoms with Crippen LogP contribution in [0.25, 0.3) is 0 Å². The molecule has 3 rings (SSSR count). The molecule has 0 aromatic carbocycles. The Hall–Kier alpha value is -1.87. The topological polar surface area (TPSA) is 74.0 Å². The summed E-state index contributed by atoms with van der Waals surface area (Å²) in [5.41, 5.74) is 0.508. The maximum atomic E-state index is 12.6. The SMILES string of the molecule is Cc1cnn(CC2CCCN2CC(=O)NC2(C#N)CCCCCC2)c1. The van der Waals surface area contributed by atoms with Crippen LogP contribution >= 0.6 is 0 Å². The standard InChI is InChI=1S/C19H29N5O/c1-16-11-21-24(12-16)13-17-7-6-10-23(17)14-18(25)22-19(15-20)8-4-2-3-5-9-19/h11-12,17H,2-10,13-14H2,1H3,(H,22,25). The van der Waals surface area contributed by atoms with Gasteiger partial charge in [0.15, 0.2) is 0 Å². The van der Waals surface area contributed by atoms with Crippen molar-refractivity contribution in [3.05, 3.63) is 18.0 Å². The first kappa shape index (κ1) is 17.9. The number of carbonyl (C=O) groups is 1. The Morgan fingerprint density at radius 1 is 1.36 bits per heavy atom.